The molecule has 3 rings (SSSR count). The van der Waals surface area contributed by atoms with E-state index in [9.17, 15) is 4.79 Å². The van der Waals surface area contributed by atoms with E-state index in [1.54, 1.807) is 23.8 Å². The highest BCUT2D eigenvalue weighted by molar-refractivity contribution is 8.00. The number of hydrogen-bond donors (Lipinski definition) is 1. The Morgan fingerprint density at radius 3 is 2.67 bits per heavy atom. The van der Waals surface area contributed by atoms with Crippen molar-refractivity contribution in [1.29, 1.82) is 0 Å². The molecule has 0 spiro atoms. The van der Waals surface area contributed by atoms with Crippen molar-refractivity contribution in [2.75, 3.05) is 23.5 Å². The fourth-order valence-electron chi connectivity index (χ4n) is 2.48. The molecule has 1 aliphatic heterocycles. The van der Waals surface area contributed by atoms with E-state index in [0.29, 0.717) is 17.2 Å². The second-order valence-corrected chi connectivity index (χ2v) is 5.80. The number of rotatable bonds is 3. The summed E-state index contributed by atoms with van der Waals surface area (Å²) in [5.41, 5.74) is 8.51. The number of benzene rings is 2. The molecule has 108 valence electrons. The predicted octanol–water partition coefficient (Wildman–Crippen LogP) is 3.06. The zero-order valence-corrected chi connectivity index (χ0v) is 12.5. The van der Waals surface area contributed by atoms with Crippen LogP contribution in [0.1, 0.15) is 10.9 Å². The summed E-state index contributed by atoms with van der Waals surface area (Å²) in [7, 11) is 1.61. The fourth-order valence-corrected chi connectivity index (χ4v) is 3.69. The molecule has 1 aliphatic rings. The molecule has 1 heterocycles. The van der Waals surface area contributed by atoms with Crippen LogP contribution < -0.4 is 15.4 Å². The topological polar surface area (TPSA) is 55.6 Å². The summed E-state index contributed by atoms with van der Waals surface area (Å²) < 4.78 is 5.39. The van der Waals surface area contributed by atoms with Gasteiger partial charge in [-0.3, -0.25) is 9.69 Å². The minimum absolute atomic E-state index is 0.0674. The van der Waals surface area contributed by atoms with Crippen LogP contribution in [0.4, 0.5) is 11.4 Å². The van der Waals surface area contributed by atoms with Crippen LogP contribution in [0.15, 0.2) is 48.5 Å². The Morgan fingerprint density at radius 1 is 1.19 bits per heavy atom. The van der Waals surface area contributed by atoms with Crippen molar-refractivity contribution in [2.24, 2.45) is 0 Å². The largest absolute Gasteiger partial charge is 0.495 e. The first-order valence-corrected chi connectivity index (χ1v) is 7.68. The number of ether oxygens (including phenoxy) is 1. The maximum Gasteiger partial charge on any atom is 0.238 e. The molecule has 2 N–H and O–H groups in total. The van der Waals surface area contributed by atoms with E-state index in [1.807, 2.05) is 48.5 Å². The van der Waals surface area contributed by atoms with Crippen molar-refractivity contribution in [2.45, 2.75) is 5.37 Å². The number of carbonyl (C=O) groups excluding carboxylic acids is 1. The predicted molar refractivity (Wildman–Crippen MR) is 86.5 cm³/mol. The normalized spacial score (nSPS) is 18.0. The van der Waals surface area contributed by atoms with Crippen LogP contribution in [0, 0.1) is 0 Å². The molecule has 0 aromatic heterocycles. The summed E-state index contributed by atoms with van der Waals surface area (Å²) in [6.45, 7) is 0. The number of hydrogen-bond acceptors (Lipinski definition) is 4. The number of anilines is 2. The maximum atomic E-state index is 12.3. The van der Waals surface area contributed by atoms with Crippen LogP contribution in [0.25, 0.3) is 0 Å². The number of thioether (sulfide) groups is 1. The molecule has 1 amide bonds. The van der Waals surface area contributed by atoms with Crippen molar-refractivity contribution in [3.8, 4) is 5.75 Å². The van der Waals surface area contributed by atoms with Crippen molar-refractivity contribution < 1.29 is 9.53 Å². The van der Waals surface area contributed by atoms with E-state index < -0.39 is 0 Å². The minimum Gasteiger partial charge on any atom is -0.495 e. The van der Waals surface area contributed by atoms with Gasteiger partial charge in [0, 0.05) is 11.3 Å². The van der Waals surface area contributed by atoms with Crippen LogP contribution in [0.5, 0.6) is 5.75 Å². The van der Waals surface area contributed by atoms with E-state index in [2.05, 4.69) is 0 Å². The number of nitrogen functional groups attached to an aromatic ring is 1. The van der Waals surface area contributed by atoms with Crippen LogP contribution >= 0.6 is 11.8 Å². The number of nitrogens with zero attached hydrogens (tertiary/aromatic N) is 1. The zero-order valence-electron chi connectivity index (χ0n) is 11.7. The summed E-state index contributed by atoms with van der Waals surface area (Å²) in [6.07, 6.45) is 0. The van der Waals surface area contributed by atoms with E-state index in [1.165, 1.54) is 0 Å². The minimum atomic E-state index is -0.116. The van der Waals surface area contributed by atoms with Gasteiger partial charge in [0.1, 0.15) is 11.1 Å². The number of para-hydroxylation sites is 3. The first kappa shape index (κ1) is 13.8. The molecule has 0 unspecified atom stereocenters. The third kappa shape index (κ3) is 2.45. The summed E-state index contributed by atoms with van der Waals surface area (Å²) in [6, 6.07) is 15.2. The Hall–Kier alpha value is -2.14. The number of carbonyl (C=O) groups is 1. The first-order chi connectivity index (χ1) is 10.2. The Kier molecular flexibility index (Phi) is 3.75. The second kappa shape index (κ2) is 5.69. The Balaban J connectivity index is 2.06. The third-order valence-electron chi connectivity index (χ3n) is 3.47. The van der Waals surface area contributed by atoms with E-state index >= 15 is 0 Å². The van der Waals surface area contributed by atoms with Gasteiger partial charge in [0.05, 0.1) is 18.6 Å². The van der Waals surface area contributed by atoms with Crippen LogP contribution in [0.3, 0.4) is 0 Å². The van der Waals surface area contributed by atoms with Crippen LogP contribution in [0.2, 0.25) is 0 Å². The smallest absolute Gasteiger partial charge is 0.238 e. The molecule has 0 saturated carbocycles. The molecular weight excluding hydrogens is 284 g/mol. The average molecular weight is 300 g/mol. The van der Waals surface area contributed by atoms with Crippen molar-refractivity contribution in [3.05, 3.63) is 54.1 Å². The molecule has 0 bridgehead atoms. The molecule has 0 aliphatic carbocycles. The van der Waals surface area contributed by atoms with Gasteiger partial charge in [-0.25, -0.2) is 0 Å². The molecule has 1 saturated heterocycles. The SMILES string of the molecule is COc1ccccc1N1C(=O)CS[C@H]1c1ccccc1N. The Bertz CT molecular complexity index is 675. The van der Waals surface area contributed by atoms with Crippen molar-refractivity contribution >= 4 is 29.0 Å². The van der Waals surface area contributed by atoms with Gasteiger partial charge >= 0.3 is 0 Å². The van der Waals surface area contributed by atoms with Gasteiger partial charge < -0.3 is 10.5 Å². The summed E-state index contributed by atoms with van der Waals surface area (Å²) in [5.74, 6) is 1.20. The fraction of sp³-hybridized carbons (Fsp3) is 0.188. The molecular formula is C16H16N2O2S. The lowest BCUT2D eigenvalue weighted by atomic mass is 10.1. The van der Waals surface area contributed by atoms with Crippen LogP contribution in [-0.4, -0.2) is 18.8 Å². The molecule has 5 heteroatoms. The summed E-state index contributed by atoms with van der Waals surface area (Å²) in [5, 5.41) is -0.116. The molecule has 1 fully saturated rings. The summed E-state index contributed by atoms with van der Waals surface area (Å²) >= 11 is 1.58. The molecule has 1 atom stereocenters. The Labute approximate surface area is 127 Å². The maximum absolute atomic E-state index is 12.3. The van der Waals surface area contributed by atoms with E-state index in [0.717, 1.165) is 11.3 Å². The van der Waals surface area contributed by atoms with Crippen molar-refractivity contribution in [1.82, 2.24) is 0 Å². The van der Waals surface area contributed by atoms with Crippen molar-refractivity contribution in [3.63, 3.8) is 0 Å². The highest BCUT2D eigenvalue weighted by Gasteiger charge is 2.36. The number of amides is 1. The lowest BCUT2D eigenvalue weighted by molar-refractivity contribution is -0.115. The lowest BCUT2D eigenvalue weighted by Gasteiger charge is -2.26. The van der Waals surface area contributed by atoms with Gasteiger partial charge in [0.25, 0.3) is 0 Å². The lowest BCUT2D eigenvalue weighted by Crippen LogP contribution is -2.28. The molecule has 2 aromatic carbocycles. The molecule has 0 radical (unpaired) electrons. The highest BCUT2D eigenvalue weighted by Crippen LogP contribution is 2.45. The molecule has 21 heavy (non-hydrogen) atoms. The monoisotopic (exact) mass is 300 g/mol. The molecule has 4 nitrogen and oxygen atoms in total. The van der Waals surface area contributed by atoms with Gasteiger partial charge in [-0.1, -0.05) is 30.3 Å². The van der Waals surface area contributed by atoms with Crippen LogP contribution in [-0.2, 0) is 4.79 Å². The number of methoxy groups -OCH3 is 1. The average Bonchev–Trinajstić information content (AvgIpc) is 2.89. The quantitative estimate of drug-likeness (QED) is 0.885. The van der Waals surface area contributed by atoms with E-state index in [-0.39, 0.29) is 11.3 Å². The highest BCUT2D eigenvalue weighted by atomic mass is 32.2. The Morgan fingerprint density at radius 2 is 1.90 bits per heavy atom. The first-order valence-electron chi connectivity index (χ1n) is 6.63. The van der Waals surface area contributed by atoms with Gasteiger partial charge in [-0.05, 0) is 18.2 Å². The second-order valence-electron chi connectivity index (χ2n) is 4.73. The van der Waals surface area contributed by atoms with Gasteiger partial charge in [-0.15, -0.1) is 11.8 Å². The standard InChI is InChI=1S/C16H16N2O2S/c1-20-14-9-5-4-8-13(14)18-15(19)10-21-16(18)11-6-2-3-7-12(11)17/h2-9,16H,10,17H2,1H3/t16-/m0/s1. The molecule has 2 aromatic rings. The zero-order chi connectivity index (χ0) is 14.8. The van der Waals surface area contributed by atoms with Gasteiger partial charge in [0.2, 0.25) is 5.91 Å². The number of nitrogens with two attached hydrogens (primary N) is 1. The third-order valence-corrected chi connectivity index (χ3v) is 4.67. The van der Waals surface area contributed by atoms with Gasteiger partial charge in [-0.2, -0.15) is 0 Å². The summed E-state index contributed by atoms with van der Waals surface area (Å²) in [4.78, 5) is 14.1. The van der Waals surface area contributed by atoms with E-state index in [4.69, 9.17) is 10.5 Å². The van der Waals surface area contributed by atoms with Gasteiger partial charge in [0.15, 0.2) is 0 Å².